The molecule has 10 nitrogen and oxygen atoms in total. The summed E-state index contributed by atoms with van der Waals surface area (Å²) in [5, 5.41) is 5.14. The molecule has 0 aliphatic carbocycles. The highest BCUT2D eigenvalue weighted by Crippen LogP contribution is 2.22. The summed E-state index contributed by atoms with van der Waals surface area (Å²) in [5.74, 6) is 1.27. The van der Waals surface area contributed by atoms with Gasteiger partial charge < -0.3 is 25.3 Å². The lowest BCUT2D eigenvalue weighted by Gasteiger charge is -2.34. The molecule has 0 saturated carbocycles. The quantitative estimate of drug-likeness (QED) is 0.122. The summed E-state index contributed by atoms with van der Waals surface area (Å²) in [6, 6.07) is 17.0. The Labute approximate surface area is 345 Å². The Kier molecular flexibility index (Phi) is 24.3. The van der Waals surface area contributed by atoms with Crippen molar-refractivity contribution in [2.24, 2.45) is 17.8 Å². The first-order chi connectivity index (χ1) is 27.0. The van der Waals surface area contributed by atoms with Crippen LogP contribution in [0.15, 0.2) is 66.2 Å². The summed E-state index contributed by atoms with van der Waals surface area (Å²) in [5.41, 5.74) is 3.15. The Bertz CT molecular complexity index is 1510. The average Bonchev–Trinajstić information content (AvgIpc) is 3.69. The minimum absolute atomic E-state index is 0.0793. The van der Waals surface area contributed by atoms with Gasteiger partial charge in [-0.25, -0.2) is 0 Å². The second-order valence-electron chi connectivity index (χ2n) is 16.5. The zero-order valence-electron chi connectivity index (χ0n) is 37.3. The first-order valence-corrected chi connectivity index (χ1v) is 21.1. The Balaban J connectivity index is 0.000000449. The van der Waals surface area contributed by atoms with Crippen molar-refractivity contribution in [2.75, 3.05) is 39.8 Å². The van der Waals surface area contributed by atoms with Crippen LogP contribution in [0.5, 0.6) is 0 Å². The number of carbonyl (C=O) groups excluding carboxylic acids is 5. The number of amides is 4. The molecular formula is C47H75N5O5. The molecule has 2 aromatic carbocycles. The molecule has 2 aromatic rings. The molecule has 57 heavy (non-hydrogen) atoms. The first kappa shape index (κ1) is 50.7. The van der Waals surface area contributed by atoms with Gasteiger partial charge >= 0.3 is 0 Å². The fourth-order valence-electron chi connectivity index (χ4n) is 6.51. The van der Waals surface area contributed by atoms with E-state index in [1.165, 1.54) is 42.8 Å². The number of ketones is 1. The van der Waals surface area contributed by atoms with Crippen LogP contribution in [-0.2, 0) is 19.2 Å². The lowest BCUT2D eigenvalue weighted by molar-refractivity contribution is -0.135. The maximum Gasteiger partial charge on any atom is 0.249 e. The third-order valence-corrected chi connectivity index (χ3v) is 10.1. The zero-order valence-corrected chi connectivity index (χ0v) is 37.3. The van der Waals surface area contributed by atoms with E-state index in [0.29, 0.717) is 31.5 Å². The van der Waals surface area contributed by atoms with Gasteiger partial charge in [0.2, 0.25) is 24.1 Å². The van der Waals surface area contributed by atoms with Gasteiger partial charge in [-0.05, 0) is 84.2 Å². The molecule has 1 unspecified atom stereocenters. The molecule has 2 N–H and O–H groups in total. The van der Waals surface area contributed by atoms with Crippen LogP contribution in [0.1, 0.15) is 123 Å². The fourth-order valence-corrected chi connectivity index (χ4v) is 6.51. The maximum atomic E-state index is 12.9. The molecule has 2 fully saturated rings. The van der Waals surface area contributed by atoms with Crippen molar-refractivity contribution in [2.45, 2.75) is 126 Å². The van der Waals surface area contributed by atoms with Crippen molar-refractivity contribution in [1.82, 2.24) is 25.3 Å². The molecule has 0 radical (unpaired) electrons. The van der Waals surface area contributed by atoms with E-state index in [0.717, 1.165) is 35.4 Å². The van der Waals surface area contributed by atoms with Crippen molar-refractivity contribution in [3.05, 3.63) is 82.9 Å². The monoisotopic (exact) mass is 790 g/mol. The smallest absolute Gasteiger partial charge is 0.249 e. The maximum absolute atomic E-state index is 12.9. The Morgan fingerprint density at radius 1 is 0.807 bits per heavy atom. The van der Waals surface area contributed by atoms with Crippen LogP contribution in [0.3, 0.4) is 0 Å². The number of aryl methyl sites for hydroxylation is 1. The van der Waals surface area contributed by atoms with Gasteiger partial charge in [0, 0.05) is 42.9 Å². The standard InChI is InChI=1S/C19H32N4O4.C14H12O.C10H21N.C4H10/c1-6-21-18(26)15-8-7-9-23(15)19(27)14(4)10-16(13(2)3)22(5)17(25)11-20-12-24;1-11-7-9-13(10-8-11)14(15)12-5-3-2-4-6-12;1-9(2)10(3)11-7-5-4-6-8-11;1-4(2)3/h10,12-13,15-16H,6-9,11H2,1-5H3,(H,20,24)(H,21,26);2-10H,1H3;9-10H,4-8H2,1-3H3;4H,1-3H3/b14-10+;;;/t15-,16+;;;/m0.../s1. The van der Waals surface area contributed by atoms with Crippen LogP contribution < -0.4 is 10.6 Å². The molecule has 10 heteroatoms. The van der Waals surface area contributed by atoms with E-state index in [1.54, 1.807) is 24.9 Å². The van der Waals surface area contributed by atoms with Crippen molar-refractivity contribution < 1.29 is 24.0 Å². The van der Waals surface area contributed by atoms with Gasteiger partial charge in [-0.15, -0.1) is 0 Å². The molecule has 4 rings (SSSR count). The number of likely N-dealkylation sites (tertiary alicyclic amines) is 2. The van der Waals surface area contributed by atoms with Gasteiger partial charge in [0.1, 0.15) is 6.04 Å². The molecule has 0 aromatic heterocycles. The lowest BCUT2D eigenvalue weighted by atomic mass is 9.99. The molecule has 2 saturated heterocycles. The van der Waals surface area contributed by atoms with Crippen molar-refractivity contribution >= 4 is 29.9 Å². The lowest BCUT2D eigenvalue weighted by Crippen LogP contribution is -2.47. The molecule has 3 atom stereocenters. The summed E-state index contributed by atoms with van der Waals surface area (Å²) < 4.78 is 0. The normalized spacial score (nSPS) is 16.5. The fraction of sp³-hybridized carbons (Fsp3) is 0.596. The van der Waals surface area contributed by atoms with Crippen LogP contribution in [0, 0.1) is 24.7 Å². The summed E-state index contributed by atoms with van der Waals surface area (Å²) in [6.07, 6.45) is 7.99. The minimum Gasteiger partial charge on any atom is -0.355 e. The summed E-state index contributed by atoms with van der Waals surface area (Å²) in [6.45, 7) is 26.7. The number of rotatable bonds is 13. The number of benzene rings is 2. The van der Waals surface area contributed by atoms with Crippen LogP contribution in [-0.4, -0.2) is 103 Å². The highest BCUT2D eigenvalue weighted by molar-refractivity contribution is 6.08. The zero-order chi connectivity index (χ0) is 43.1. The van der Waals surface area contributed by atoms with Gasteiger partial charge in [-0.3, -0.25) is 24.0 Å². The Morgan fingerprint density at radius 2 is 1.37 bits per heavy atom. The van der Waals surface area contributed by atoms with Crippen LogP contribution in [0.2, 0.25) is 0 Å². The number of likely N-dealkylation sites (N-methyl/N-ethyl adjacent to an activating group) is 2. The number of hydrogen-bond acceptors (Lipinski definition) is 6. The average molecular weight is 790 g/mol. The van der Waals surface area contributed by atoms with Crippen molar-refractivity contribution in [3.8, 4) is 0 Å². The highest BCUT2D eigenvalue weighted by atomic mass is 16.2. The number of hydrogen-bond donors (Lipinski definition) is 2. The number of piperidine rings is 1. The van der Waals surface area contributed by atoms with Crippen LogP contribution in [0.25, 0.3) is 0 Å². The van der Waals surface area contributed by atoms with E-state index in [4.69, 9.17) is 0 Å². The molecule has 2 aliphatic heterocycles. The second kappa shape index (κ2) is 27.3. The molecule has 4 amide bonds. The number of nitrogens with zero attached hydrogens (tertiary/aromatic N) is 3. The van der Waals surface area contributed by atoms with Crippen LogP contribution in [0.4, 0.5) is 0 Å². The molecule has 318 valence electrons. The van der Waals surface area contributed by atoms with Gasteiger partial charge in [-0.2, -0.15) is 0 Å². The highest BCUT2D eigenvalue weighted by Gasteiger charge is 2.34. The number of carbonyl (C=O) groups is 5. The van der Waals surface area contributed by atoms with Crippen molar-refractivity contribution in [1.29, 1.82) is 0 Å². The van der Waals surface area contributed by atoms with E-state index in [1.807, 2.05) is 82.3 Å². The summed E-state index contributed by atoms with van der Waals surface area (Å²) in [4.78, 5) is 65.4. The van der Waals surface area contributed by atoms with E-state index in [2.05, 4.69) is 57.1 Å². The summed E-state index contributed by atoms with van der Waals surface area (Å²) in [7, 11) is 1.65. The summed E-state index contributed by atoms with van der Waals surface area (Å²) >= 11 is 0. The molecule has 2 aliphatic rings. The van der Waals surface area contributed by atoms with Gasteiger partial charge in [0.15, 0.2) is 5.78 Å². The minimum atomic E-state index is -0.436. The molecule has 0 bridgehead atoms. The topological polar surface area (TPSA) is 119 Å². The predicted octanol–water partition coefficient (Wildman–Crippen LogP) is 7.69. The third kappa shape index (κ3) is 18.7. The van der Waals surface area contributed by atoms with E-state index >= 15 is 0 Å². The molecular weight excluding hydrogens is 715 g/mol. The SMILES string of the molecule is CC(C)C.CC(C)C(C)N1CCCCC1.CCNC(=O)[C@@H]1CCCN1C(=O)/C(C)=C/[C@H](C(C)C)N(C)C(=O)CNC=O.Cc1ccc(C(=O)c2ccccc2)cc1. The Morgan fingerprint density at radius 3 is 1.88 bits per heavy atom. The largest absolute Gasteiger partial charge is 0.355 e. The number of nitrogens with one attached hydrogen (secondary N) is 2. The van der Waals surface area contributed by atoms with Crippen LogP contribution >= 0.6 is 0 Å². The molecule has 2 heterocycles. The van der Waals surface area contributed by atoms with Gasteiger partial charge in [0.05, 0.1) is 12.6 Å². The molecule has 0 spiro atoms. The van der Waals surface area contributed by atoms with Gasteiger partial charge in [0.25, 0.3) is 0 Å². The third-order valence-electron chi connectivity index (χ3n) is 10.1. The van der Waals surface area contributed by atoms with Crippen molar-refractivity contribution in [3.63, 3.8) is 0 Å². The predicted molar refractivity (Wildman–Crippen MR) is 234 cm³/mol. The second-order valence-corrected chi connectivity index (χ2v) is 16.5. The first-order valence-electron chi connectivity index (χ1n) is 21.1. The van der Waals surface area contributed by atoms with Gasteiger partial charge in [-0.1, -0.05) is 121 Å². The Hall–Kier alpha value is -4.31. The van der Waals surface area contributed by atoms with E-state index in [9.17, 15) is 24.0 Å². The van der Waals surface area contributed by atoms with E-state index < -0.39 is 6.04 Å². The van der Waals surface area contributed by atoms with E-state index in [-0.39, 0.29) is 42.0 Å².